The molecule has 0 spiro atoms. The first-order valence-corrected chi connectivity index (χ1v) is 6.58. The fourth-order valence-electron chi connectivity index (χ4n) is 2.35. The van der Waals surface area contributed by atoms with Gasteiger partial charge in [0, 0.05) is 26.2 Å². The van der Waals surface area contributed by atoms with Crippen molar-refractivity contribution < 1.29 is 4.74 Å². The van der Waals surface area contributed by atoms with Gasteiger partial charge in [0.15, 0.2) is 0 Å². The van der Waals surface area contributed by atoms with Gasteiger partial charge in [-0.15, -0.1) is 0 Å². The molecule has 0 amide bonds. The first-order chi connectivity index (χ1) is 8.81. The highest BCUT2D eigenvalue weighted by atomic mass is 16.5. The van der Waals surface area contributed by atoms with Crippen LogP contribution in [0.25, 0.3) is 0 Å². The first-order valence-electron chi connectivity index (χ1n) is 6.58. The SMILES string of the molecule is CCOC1CCN(Cc2cccc(NN)n2)CC1. The van der Waals surface area contributed by atoms with Crippen molar-refractivity contribution in [2.24, 2.45) is 5.84 Å². The van der Waals surface area contributed by atoms with E-state index in [2.05, 4.69) is 22.2 Å². The number of rotatable bonds is 5. The quantitative estimate of drug-likeness (QED) is 0.610. The van der Waals surface area contributed by atoms with Crippen molar-refractivity contribution in [2.45, 2.75) is 32.4 Å². The van der Waals surface area contributed by atoms with Crippen molar-refractivity contribution in [3.8, 4) is 0 Å². The zero-order valence-electron chi connectivity index (χ0n) is 10.9. The van der Waals surface area contributed by atoms with Crippen LogP contribution in [0.3, 0.4) is 0 Å². The van der Waals surface area contributed by atoms with E-state index in [1.165, 1.54) is 0 Å². The molecule has 1 saturated heterocycles. The van der Waals surface area contributed by atoms with Gasteiger partial charge in [-0.25, -0.2) is 10.8 Å². The Labute approximate surface area is 108 Å². The number of anilines is 1. The molecular formula is C13H22N4O. The van der Waals surface area contributed by atoms with Gasteiger partial charge in [0.05, 0.1) is 11.8 Å². The average Bonchev–Trinajstić information content (AvgIpc) is 2.42. The summed E-state index contributed by atoms with van der Waals surface area (Å²) in [5.74, 6) is 6.08. The van der Waals surface area contributed by atoms with Crippen LogP contribution >= 0.6 is 0 Å². The number of pyridine rings is 1. The van der Waals surface area contributed by atoms with Crippen molar-refractivity contribution in [3.63, 3.8) is 0 Å². The van der Waals surface area contributed by atoms with E-state index in [1.54, 1.807) is 0 Å². The molecule has 0 radical (unpaired) electrons. The number of hydrazine groups is 1. The third-order valence-electron chi connectivity index (χ3n) is 3.28. The lowest BCUT2D eigenvalue weighted by Crippen LogP contribution is -2.36. The van der Waals surface area contributed by atoms with Crippen LogP contribution in [0.2, 0.25) is 0 Å². The number of nitrogens with one attached hydrogen (secondary N) is 1. The van der Waals surface area contributed by atoms with Crippen LogP contribution in [-0.4, -0.2) is 35.7 Å². The van der Waals surface area contributed by atoms with Gasteiger partial charge in [-0.2, -0.15) is 0 Å². The molecule has 2 heterocycles. The number of piperidine rings is 1. The fraction of sp³-hybridized carbons (Fsp3) is 0.615. The maximum Gasteiger partial charge on any atom is 0.140 e. The second-order valence-electron chi connectivity index (χ2n) is 4.59. The van der Waals surface area contributed by atoms with E-state index in [0.29, 0.717) is 6.10 Å². The first kappa shape index (κ1) is 13.3. The predicted octanol–water partition coefficient (Wildman–Crippen LogP) is 1.37. The zero-order chi connectivity index (χ0) is 12.8. The lowest BCUT2D eigenvalue weighted by molar-refractivity contribution is 0.0123. The molecule has 0 unspecified atom stereocenters. The third kappa shape index (κ3) is 3.66. The van der Waals surface area contributed by atoms with E-state index in [1.807, 2.05) is 18.2 Å². The highest BCUT2D eigenvalue weighted by Gasteiger charge is 2.19. The van der Waals surface area contributed by atoms with Crippen molar-refractivity contribution in [3.05, 3.63) is 23.9 Å². The Balaban J connectivity index is 1.83. The largest absolute Gasteiger partial charge is 0.378 e. The fourth-order valence-corrected chi connectivity index (χ4v) is 2.35. The van der Waals surface area contributed by atoms with Gasteiger partial charge < -0.3 is 10.2 Å². The third-order valence-corrected chi connectivity index (χ3v) is 3.28. The summed E-state index contributed by atoms with van der Waals surface area (Å²) < 4.78 is 5.65. The van der Waals surface area contributed by atoms with Crippen molar-refractivity contribution in [2.75, 3.05) is 25.1 Å². The van der Waals surface area contributed by atoms with Gasteiger partial charge in [-0.05, 0) is 31.9 Å². The number of nitrogens with two attached hydrogens (primary N) is 1. The van der Waals surface area contributed by atoms with E-state index < -0.39 is 0 Å². The van der Waals surface area contributed by atoms with Crippen LogP contribution in [0.15, 0.2) is 18.2 Å². The molecule has 1 aliphatic heterocycles. The highest BCUT2D eigenvalue weighted by Crippen LogP contribution is 2.16. The van der Waals surface area contributed by atoms with Gasteiger partial charge in [0.25, 0.3) is 0 Å². The highest BCUT2D eigenvalue weighted by molar-refractivity contribution is 5.33. The van der Waals surface area contributed by atoms with Crippen LogP contribution in [0, 0.1) is 0 Å². The van der Waals surface area contributed by atoms with E-state index >= 15 is 0 Å². The Morgan fingerprint density at radius 3 is 2.89 bits per heavy atom. The molecular weight excluding hydrogens is 228 g/mol. The van der Waals surface area contributed by atoms with Gasteiger partial charge in [0.2, 0.25) is 0 Å². The second-order valence-corrected chi connectivity index (χ2v) is 4.59. The van der Waals surface area contributed by atoms with Crippen LogP contribution < -0.4 is 11.3 Å². The Bertz CT molecular complexity index is 364. The number of hydrogen-bond donors (Lipinski definition) is 2. The molecule has 0 aromatic carbocycles. The normalized spacial score (nSPS) is 17.9. The summed E-state index contributed by atoms with van der Waals surface area (Å²) in [4.78, 5) is 6.85. The second kappa shape index (κ2) is 6.68. The number of nitrogens with zero attached hydrogens (tertiary/aromatic N) is 2. The van der Waals surface area contributed by atoms with Gasteiger partial charge >= 0.3 is 0 Å². The summed E-state index contributed by atoms with van der Waals surface area (Å²) in [7, 11) is 0. The predicted molar refractivity (Wildman–Crippen MR) is 72.0 cm³/mol. The van der Waals surface area contributed by atoms with E-state index in [9.17, 15) is 0 Å². The Morgan fingerprint density at radius 2 is 2.22 bits per heavy atom. The van der Waals surface area contributed by atoms with Crippen LogP contribution in [0.4, 0.5) is 5.82 Å². The van der Waals surface area contributed by atoms with Gasteiger partial charge in [0.1, 0.15) is 5.82 Å². The molecule has 5 heteroatoms. The molecule has 100 valence electrons. The van der Waals surface area contributed by atoms with Crippen LogP contribution in [-0.2, 0) is 11.3 Å². The lowest BCUT2D eigenvalue weighted by atomic mass is 10.1. The molecule has 5 nitrogen and oxygen atoms in total. The molecule has 0 atom stereocenters. The molecule has 1 aliphatic rings. The minimum absolute atomic E-state index is 0.441. The minimum Gasteiger partial charge on any atom is -0.378 e. The zero-order valence-corrected chi connectivity index (χ0v) is 10.9. The standard InChI is InChI=1S/C13H22N4O/c1-2-18-12-6-8-17(9-7-12)10-11-4-3-5-13(15-11)16-14/h3-5,12H,2,6-10,14H2,1H3,(H,15,16). The molecule has 18 heavy (non-hydrogen) atoms. The summed E-state index contributed by atoms with van der Waals surface area (Å²) >= 11 is 0. The summed E-state index contributed by atoms with van der Waals surface area (Å²) in [6, 6.07) is 5.88. The monoisotopic (exact) mass is 250 g/mol. The molecule has 1 aromatic rings. The van der Waals surface area contributed by atoms with Gasteiger partial charge in [-0.1, -0.05) is 6.07 Å². The Kier molecular flexibility index (Phi) is 4.92. The summed E-state index contributed by atoms with van der Waals surface area (Å²) in [6.45, 7) is 5.91. The van der Waals surface area contributed by atoms with Crippen molar-refractivity contribution >= 4 is 5.82 Å². The molecule has 1 fully saturated rings. The van der Waals surface area contributed by atoms with E-state index in [-0.39, 0.29) is 0 Å². The number of nitrogen functional groups attached to an aromatic ring is 1. The molecule has 0 saturated carbocycles. The molecule has 0 aliphatic carbocycles. The van der Waals surface area contributed by atoms with Crippen molar-refractivity contribution in [1.29, 1.82) is 0 Å². The maximum absolute atomic E-state index is 5.65. The minimum atomic E-state index is 0.441. The van der Waals surface area contributed by atoms with E-state index in [4.69, 9.17) is 10.6 Å². The molecule has 2 rings (SSSR count). The average molecular weight is 250 g/mol. The smallest absolute Gasteiger partial charge is 0.140 e. The Hall–Kier alpha value is -1.17. The van der Waals surface area contributed by atoms with Crippen molar-refractivity contribution in [1.82, 2.24) is 9.88 Å². The van der Waals surface area contributed by atoms with Crippen LogP contribution in [0.1, 0.15) is 25.5 Å². The maximum atomic E-state index is 5.65. The van der Waals surface area contributed by atoms with Crippen LogP contribution in [0.5, 0.6) is 0 Å². The summed E-state index contributed by atoms with van der Waals surface area (Å²) in [5.41, 5.74) is 3.63. The number of likely N-dealkylation sites (tertiary alicyclic amines) is 1. The number of hydrogen-bond acceptors (Lipinski definition) is 5. The number of aromatic nitrogens is 1. The topological polar surface area (TPSA) is 63.4 Å². The van der Waals surface area contributed by atoms with E-state index in [0.717, 1.165) is 50.6 Å². The molecule has 1 aromatic heterocycles. The molecule has 0 bridgehead atoms. The summed E-state index contributed by atoms with van der Waals surface area (Å²) in [5, 5.41) is 0. The molecule has 3 N–H and O–H groups in total. The lowest BCUT2D eigenvalue weighted by Gasteiger charge is -2.31. The summed E-state index contributed by atoms with van der Waals surface area (Å²) in [6.07, 6.45) is 2.67. The van der Waals surface area contributed by atoms with Gasteiger partial charge in [-0.3, -0.25) is 4.90 Å². The number of ether oxygens (including phenoxy) is 1. The Morgan fingerprint density at radius 1 is 1.44 bits per heavy atom.